The maximum Gasteiger partial charge on any atom is 0.120 e. The normalized spacial score (nSPS) is 20.2. The number of benzene rings is 1. The molecular formula is C13H19NO2S. The molecule has 1 aromatic carbocycles. The fraction of sp³-hybridized carbons (Fsp3) is 0.538. The molecule has 1 aromatic rings. The summed E-state index contributed by atoms with van der Waals surface area (Å²) in [5.74, 6) is 3.58. The van der Waals surface area contributed by atoms with E-state index in [9.17, 15) is 5.11 Å². The predicted octanol–water partition coefficient (Wildman–Crippen LogP) is 2.39. The van der Waals surface area contributed by atoms with Crippen molar-refractivity contribution in [3.63, 3.8) is 0 Å². The van der Waals surface area contributed by atoms with Crippen molar-refractivity contribution in [2.24, 2.45) is 0 Å². The molecule has 2 N–H and O–H groups in total. The Morgan fingerprint density at radius 3 is 3.12 bits per heavy atom. The quantitative estimate of drug-likeness (QED) is 0.864. The zero-order valence-corrected chi connectivity index (χ0v) is 10.9. The predicted molar refractivity (Wildman–Crippen MR) is 71.8 cm³/mol. The minimum atomic E-state index is 0.335. The second kappa shape index (κ2) is 6.17. The molecule has 1 fully saturated rings. The van der Waals surface area contributed by atoms with Crippen molar-refractivity contribution in [2.75, 3.05) is 18.6 Å². The van der Waals surface area contributed by atoms with E-state index in [2.05, 4.69) is 5.32 Å². The van der Waals surface area contributed by atoms with Crippen LogP contribution in [0.1, 0.15) is 18.4 Å². The highest BCUT2D eigenvalue weighted by Crippen LogP contribution is 2.23. The average Bonchev–Trinajstić information content (AvgIpc) is 2.39. The lowest BCUT2D eigenvalue weighted by atomic mass is 10.1. The fourth-order valence-corrected chi connectivity index (χ4v) is 3.09. The number of thioether (sulfide) groups is 1. The number of methoxy groups -OCH3 is 1. The Kier molecular flexibility index (Phi) is 4.57. The first-order valence-corrected chi connectivity index (χ1v) is 7.12. The third kappa shape index (κ3) is 3.54. The highest BCUT2D eigenvalue weighted by Gasteiger charge is 2.13. The Balaban J connectivity index is 1.92. The fourth-order valence-electron chi connectivity index (χ4n) is 1.99. The Hall–Kier alpha value is -0.870. The van der Waals surface area contributed by atoms with Gasteiger partial charge in [0.2, 0.25) is 0 Å². The first-order valence-electron chi connectivity index (χ1n) is 5.96. The highest BCUT2D eigenvalue weighted by molar-refractivity contribution is 7.99. The second-order valence-corrected chi connectivity index (χ2v) is 5.44. The van der Waals surface area contributed by atoms with Crippen LogP contribution in [-0.4, -0.2) is 29.8 Å². The molecule has 0 spiro atoms. The molecule has 0 bridgehead atoms. The first-order chi connectivity index (χ1) is 8.29. The third-order valence-corrected chi connectivity index (χ3v) is 4.24. The summed E-state index contributed by atoms with van der Waals surface area (Å²) in [6.45, 7) is 0.703. The van der Waals surface area contributed by atoms with Crippen LogP contribution in [-0.2, 0) is 6.54 Å². The van der Waals surface area contributed by atoms with Gasteiger partial charge in [-0.25, -0.2) is 0 Å². The summed E-state index contributed by atoms with van der Waals surface area (Å²) in [5.41, 5.74) is 0.903. The van der Waals surface area contributed by atoms with E-state index in [1.54, 1.807) is 19.2 Å². The maximum atomic E-state index is 9.76. The average molecular weight is 253 g/mol. The SMILES string of the molecule is COc1ccc(O)c(CNC2CCCSC2)c1. The minimum Gasteiger partial charge on any atom is -0.508 e. The maximum absolute atomic E-state index is 9.76. The molecule has 2 rings (SSSR count). The van der Waals surface area contributed by atoms with Crippen LogP contribution in [0.3, 0.4) is 0 Å². The van der Waals surface area contributed by atoms with E-state index >= 15 is 0 Å². The summed E-state index contributed by atoms with van der Waals surface area (Å²) in [5, 5.41) is 13.3. The molecule has 1 atom stereocenters. The Morgan fingerprint density at radius 2 is 2.41 bits per heavy atom. The van der Waals surface area contributed by atoms with Gasteiger partial charge in [0.05, 0.1) is 7.11 Å². The van der Waals surface area contributed by atoms with Crippen molar-refractivity contribution >= 4 is 11.8 Å². The first kappa shape index (κ1) is 12.6. The van der Waals surface area contributed by atoms with E-state index in [0.717, 1.165) is 11.3 Å². The topological polar surface area (TPSA) is 41.5 Å². The molecule has 1 unspecified atom stereocenters. The molecule has 1 aliphatic heterocycles. The number of hydrogen-bond donors (Lipinski definition) is 2. The smallest absolute Gasteiger partial charge is 0.120 e. The van der Waals surface area contributed by atoms with Gasteiger partial charge in [-0.2, -0.15) is 11.8 Å². The molecule has 0 saturated carbocycles. The van der Waals surface area contributed by atoms with Gasteiger partial charge in [-0.15, -0.1) is 0 Å². The van der Waals surface area contributed by atoms with Crippen molar-refractivity contribution in [3.8, 4) is 11.5 Å². The Morgan fingerprint density at radius 1 is 1.53 bits per heavy atom. The molecule has 0 aromatic heterocycles. The highest BCUT2D eigenvalue weighted by atomic mass is 32.2. The number of aromatic hydroxyl groups is 1. The van der Waals surface area contributed by atoms with Crippen LogP contribution in [0, 0.1) is 0 Å². The summed E-state index contributed by atoms with van der Waals surface area (Å²) < 4.78 is 5.16. The van der Waals surface area contributed by atoms with Gasteiger partial charge >= 0.3 is 0 Å². The molecule has 94 valence electrons. The van der Waals surface area contributed by atoms with Crippen LogP contribution < -0.4 is 10.1 Å². The molecule has 1 heterocycles. The molecule has 0 amide bonds. The molecule has 4 heteroatoms. The minimum absolute atomic E-state index is 0.335. The van der Waals surface area contributed by atoms with Gasteiger partial charge in [-0.1, -0.05) is 0 Å². The Labute approximate surface area is 107 Å². The lowest BCUT2D eigenvalue weighted by Gasteiger charge is -2.22. The van der Waals surface area contributed by atoms with Crippen LogP contribution in [0.2, 0.25) is 0 Å². The summed E-state index contributed by atoms with van der Waals surface area (Å²) in [4.78, 5) is 0. The molecular weight excluding hydrogens is 234 g/mol. The van der Waals surface area contributed by atoms with E-state index in [4.69, 9.17) is 4.74 Å². The van der Waals surface area contributed by atoms with Crippen molar-refractivity contribution < 1.29 is 9.84 Å². The van der Waals surface area contributed by atoms with E-state index in [1.165, 1.54) is 24.3 Å². The van der Waals surface area contributed by atoms with Gasteiger partial charge < -0.3 is 15.2 Å². The number of ether oxygens (including phenoxy) is 1. The number of hydrogen-bond acceptors (Lipinski definition) is 4. The van der Waals surface area contributed by atoms with Gasteiger partial charge in [-0.05, 0) is 36.8 Å². The van der Waals surface area contributed by atoms with Gasteiger partial charge in [0.1, 0.15) is 11.5 Å². The second-order valence-electron chi connectivity index (χ2n) is 4.29. The molecule has 0 radical (unpaired) electrons. The zero-order valence-electron chi connectivity index (χ0n) is 10.1. The molecule has 1 aliphatic rings. The number of nitrogens with one attached hydrogen (secondary N) is 1. The largest absolute Gasteiger partial charge is 0.508 e. The number of phenolic OH excluding ortho intramolecular Hbond substituents is 1. The van der Waals surface area contributed by atoms with E-state index in [0.29, 0.717) is 18.3 Å². The van der Waals surface area contributed by atoms with E-state index < -0.39 is 0 Å². The number of phenols is 1. The third-order valence-electron chi connectivity index (χ3n) is 3.03. The standard InChI is InChI=1S/C13H19NO2S/c1-16-12-4-5-13(15)10(7-12)8-14-11-3-2-6-17-9-11/h4-5,7,11,14-15H,2-3,6,8-9H2,1H3. The molecule has 3 nitrogen and oxygen atoms in total. The van der Waals surface area contributed by atoms with Crippen LogP contribution in [0.25, 0.3) is 0 Å². The molecule has 0 aliphatic carbocycles. The molecule has 17 heavy (non-hydrogen) atoms. The molecule has 1 saturated heterocycles. The van der Waals surface area contributed by atoms with Crippen molar-refractivity contribution in [1.29, 1.82) is 0 Å². The zero-order chi connectivity index (χ0) is 12.1. The monoisotopic (exact) mass is 253 g/mol. The Bertz CT molecular complexity index is 364. The lowest BCUT2D eigenvalue weighted by Crippen LogP contribution is -2.33. The van der Waals surface area contributed by atoms with Gasteiger partial charge in [0.15, 0.2) is 0 Å². The van der Waals surface area contributed by atoms with Crippen LogP contribution in [0.5, 0.6) is 11.5 Å². The lowest BCUT2D eigenvalue weighted by molar-refractivity contribution is 0.409. The van der Waals surface area contributed by atoms with Crippen LogP contribution in [0.15, 0.2) is 18.2 Å². The van der Waals surface area contributed by atoms with Crippen molar-refractivity contribution in [2.45, 2.75) is 25.4 Å². The van der Waals surface area contributed by atoms with Crippen LogP contribution in [0.4, 0.5) is 0 Å². The summed E-state index contributed by atoms with van der Waals surface area (Å²) >= 11 is 2.00. The summed E-state index contributed by atoms with van der Waals surface area (Å²) in [6.07, 6.45) is 2.52. The summed E-state index contributed by atoms with van der Waals surface area (Å²) in [6, 6.07) is 5.92. The number of rotatable bonds is 4. The van der Waals surface area contributed by atoms with Gasteiger partial charge in [0.25, 0.3) is 0 Å². The van der Waals surface area contributed by atoms with Gasteiger partial charge in [-0.3, -0.25) is 0 Å². The summed E-state index contributed by atoms with van der Waals surface area (Å²) in [7, 11) is 1.64. The van der Waals surface area contributed by atoms with E-state index in [1.807, 2.05) is 17.8 Å². The van der Waals surface area contributed by atoms with Gasteiger partial charge in [0, 0.05) is 23.9 Å². The van der Waals surface area contributed by atoms with Crippen LogP contribution >= 0.6 is 11.8 Å². The van der Waals surface area contributed by atoms with Crippen molar-refractivity contribution in [3.05, 3.63) is 23.8 Å². The van der Waals surface area contributed by atoms with E-state index in [-0.39, 0.29) is 0 Å². The van der Waals surface area contributed by atoms with Crippen molar-refractivity contribution in [1.82, 2.24) is 5.32 Å².